The Morgan fingerprint density at radius 1 is 1.06 bits per heavy atom. The number of hydrogen-bond acceptors (Lipinski definition) is 7. The largest absolute Gasteiger partial charge is 0.497 e. The highest BCUT2D eigenvalue weighted by Gasteiger charge is 2.36. The zero-order valence-corrected chi connectivity index (χ0v) is 17.3. The van der Waals surface area contributed by atoms with Gasteiger partial charge in [0.1, 0.15) is 12.3 Å². The number of nitrogens with one attached hydrogen (secondary N) is 1. The topological polar surface area (TPSA) is 150 Å². The Morgan fingerprint density at radius 3 is 2.34 bits per heavy atom. The quantitative estimate of drug-likeness (QED) is 0.534. The number of aromatic carboxylic acids is 2. The minimum absolute atomic E-state index is 0.118. The number of hydrogen-bond donors (Lipinski definition) is 3. The van der Waals surface area contributed by atoms with E-state index in [-0.39, 0.29) is 21.7 Å². The summed E-state index contributed by atoms with van der Waals surface area (Å²) in [6.07, 6.45) is 1.50. The van der Waals surface area contributed by atoms with Crippen molar-refractivity contribution in [3.05, 3.63) is 64.1 Å². The molecular weight excluding hydrogens is 440 g/mol. The van der Waals surface area contributed by atoms with Gasteiger partial charge in [0, 0.05) is 0 Å². The molecular formula is C21H16N2O8S. The third kappa shape index (κ3) is 4.95. The molecule has 0 unspecified atom stereocenters. The van der Waals surface area contributed by atoms with Crippen LogP contribution in [-0.4, -0.2) is 57.8 Å². The van der Waals surface area contributed by atoms with Gasteiger partial charge >= 0.3 is 11.9 Å². The van der Waals surface area contributed by atoms with Gasteiger partial charge in [-0.1, -0.05) is 12.1 Å². The lowest BCUT2D eigenvalue weighted by Gasteiger charge is -2.14. The number of carbonyl (C=O) groups is 5. The number of nitrogens with zero attached hydrogens (tertiary/aromatic N) is 1. The van der Waals surface area contributed by atoms with Crippen LogP contribution < -0.4 is 10.1 Å². The molecule has 1 fully saturated rings. The lowest BCUT2D eigenvalue weighted by Crippen LogP contribution is -2.36. The molecule has 1 heterocycles. The second-order valence-corrected chi connectivity index (χ2v) is 7.45. The van der Waals surface area contributed by atoms with Crippen LogP contribution in [0.5, 0.6) is 5.75 Å². The van der Waals surface area contributed by atoms with Gasteiger partial charge in [0.25, 0.3) is 11.1 Å². The summed E-state index contributed by atoms with van der Waals surface area (Å²) in [7, 11) is 1.52. The first kappa shape index (κ1) is 22.6. The van der Waals surface area contributed by atoms with Crippen LogP contribution >= 0.6 is 11.8 Å². The van der Waals surface area contributed by atoms with E-state index in [0.717, 1.165) is 23.1 Å². The second-order valence-electron chi connectivity index (χ2n) is 6.46. The van der Waals surface area contributed by atoms with Gasteiger partial charge < -0.3 is 20.3 Å². The number of rotatable bonds is 7. The van der Waals surface area contributed by atoms with Gasteiger partial charge in [0.2, 0.25) is 5.91 Å². The number of benzene rings is 2. The Morgan fingerprint density at radius 2 is 1.75 bits per heavy atom. The molecule has 11 heteroatoms. The highest BCUT2D eigenvalue weighted by molar-refractivity contribution is 8.18. The maximum absolute atomic E-state index is 12.6. The summed E-state index contributed by atoms with van der Waals surface area (Å²) < 4.78 is 5.06. The van der Waals surface area contributed by atoms with Crippen LogP contribution in [-0.2, 0) is 9.59 Å². The number of carbonyl (C=O) groups excluding carboxylic acids is 3. The van der Waals surface area contributed by atoms with Crippen molar-refractivity contribution in [1.82, 2.24) is 4.90 Å². The molecule has 3 rings (SSSR count). The molecule has 3 amide bonds. The second kappa shape index (κ2) is 9.35. The molecule has 3 N–H and O–H groups in total. The average molecular weight is 456 g/mol. The van der Waals surface area contributed by atoms with Crippen LogP contribution in [0, 0.1) is 0 Å². The van der Waals surface area contributed by atoms with Crippen LogP contribution in [0.15, 0.2) is 47.4 Å². The smallest absolute Gasteiger partial charge is 0.337 e. The van der Waals surface area contributed by atoms with E-state index in [0.29, 0.717) is 23.1 Å². The van der Waals surface area contributed by atoms with Crippen molar-refractivity contribution in [2.24, 2.45) is 0 Å². The molecule has 10 nitrogen and oxygen atoms in total. The van der Waals surface area contributed by atoms with E-state index in [1.54, 1.807) is 24.3 Å². The summed E-state index contributed by atoms with van der Waals surface area (Å²) in [5.41, 5.74) is -0.184. The van der Waals surface area contributed by atoms with Crippen LogP contribution in [0.2, 0.25) is 0 Å². The first-order valence-corrected chi connectivity index (χ1v) is 9.81. The summed E-state index contributed by atoms with van der Waals surface area (Å²) in [4.78, 5) is 60.6. The molecule has 164 valence electrons. The Kier molecular flexibility index (Phi) is 6.59. The molecule has 0 bridgehead atoms. The molecule has 2 aromatic rings. The fourth-order valence-corrected chi connectivity index (χ4v) is 3.63. The molecule has 32 heavy (non-hydrogen) atoms. The average Bonchev–Trinajstić information content (AvgIpc) is 3.01. The summed E-state index contributed by atoms with van der Waals surface area (Å²) in [6, 6.07) is 9.89. The van der Waals surface area contributed by atoms with Crippen molar-refractivity contribution >= 4 is 52.5 Å². The Bertz CT molecular complexity index is 1160. The van der Waals surface area contributed by atoms with Crippen molar-refractivity contribution in [3.63, 3.8) is 0 Å². The van der Waals surface area contributed by atoms with Crippen molar-refractivity contribution in [3.8, 4) is 5.75 Å². The molecule has 2 aromatic carbocycles. The zero-order valence-electron chi connectivity index (χ0n) is 16.5. The van der Waals surface area contributed by atoms with Gasteiger partial charge in [-0.05, 0) is 53.7 Å². The molecule has 1 aliphatic heterocycles. The van der Waals surface area contributed by atoms with E-state index in [4.69, 9.17) is 9.84 Å². The maximum Gasteiger partial charge on any atom is 0.337 e. The van der Waals surface area contributed by atoms with E-state index in [2.05, 4.69) is 5.32 Å². The lowest BCUT2D eigenvalue weighted by atomic mass is 10.1. The zero-order chi connectivity index (χ0) is 23.4. The Balaban J connectivity index is 1.75. The highest BCUT2D eigenvalue weighted by Crippen LogP contribution is 2.32. The van der Waals surface area contributed by atoms with Gasteiger partial charge in [0.05, 0.1) is 28.8 Å². The Labute approximate surface area is 185 Å². The van der Waals surface area contributed by atoms with E-state index in [1.807, 2.05) is 0 Å². The molecule has 0 spiro atoms. The minimum atomic E-state index is -1.38. The molecule has 1 saturated heterocycles. The predicted octanol–water partition coefficient (Wildman–Crippen LogP) is 2.77. The van der Waals surface area contributed by atoms with Gasteiger partial charge in [-0.15, -0.1) is 0 Å². The highest BCUT2D eigenvalue weighted by atomic mass is 32.2. The van der Waals surface area contributed by atoms with Gasteiger partial charge in [-0.3, -0.25) is 19.3 Å². The van der Waals surface area contributed by atoms with Crippen LogP contribution in [0.1, 0.15) is 26.3 Å². The number of carboxylic acids is 2. The number of carboxylic acid groups (broad SMARTS) is 2. The van der Waals surface area contributed by atoms with Crippen molar-refractivity contribution in [1.29, 1.82) is 0 Å². The van der Waals surface area contributed by atoms with Gasteiger partial charge in [0.15, 0.2) is 0 Å². The van der Waals surface area contributed by atoms with Crippen molar-refractivity contribution in [2.45, 2.75) is 0 Å². The minimum Gasteiger partial charge on any atom is -0.497 e. The fourth-order valence-electron chi connectivity index (χ4n) is 2.79. The summed E-state index contributed by atoms with van der Waals surface area (Å²) >= 11 is 0.665. The third-order valence-corrected chi connectivity index (χ3v) is 5.27. The number of thioether (sulfide) groups is 1. The number of imide groups is 1. The molecule has 0 aromatic heterocycles. The maximum atomic E-state index is 12.6. The van der Waals surface area contributed by atoms with Gasteiger partial charge in [-0.2, -0.15) is 0 Å². The number of methoxy groups -OCH3 is 1. The Hall–Kier alpha value is -4.12. The van der Waals surface area contributed by atoms with Crippen LogP contribution in [0.25, 0.3) is 6.08 Å². The normalized spacial score (nSPS) is 14.5. The van der Waals surface area contributed by atoms with E-state index >= 15 is 0 Å². The van der Waals surface area contributed by atoms with E-state index in [9.17, 15) is 29.1 Å². The summed E-state index contributed by atoms with van der Waals surface area (Å²) in [6.45, 7) is -0.666. The fraction of sp³-hybridized carbons (Fsp3) is 0.0952. The van der Waals surface area contributed by atoms with E-state index < -0.39 is 35.5 Å². The first-order valence-electron chi connectivity index (χ1n) is 8.99. The number of amides is 3. The summed E-state index contributed by atoms with van der Waals surface area (Å²) in [5, 5.41) is 19.9. The van der Waals surface area contributed by atoms with Crippen LogP contribution in [0.4, 0.5) is 10.5 Å². The predicted molar refractivity (Wildman–Crippen MR) is 115 cm³/mol. The molecule has 1 aliphatic rings. The SMILES string of the molecule is COc1ccc(/C=C2\SC(=O)N(CC(=O)Nc3cc(C(=O)O)ccc3C(=O)O)C2=O)cc1. The standard InChI is InChI=1S/C21H16N2O8S/c1-31-13-5-2-11(3-6-13)8-16-18(25)23(21(30)32-16)10-17(24)22-15-9-12(19(26)27)4-7-14(15)20(28)29/h2-9H,10H2,1H3,(H,22,24)(H,26,27)(H,28,29)/b16-8-. The number of ether oxygens (including phenoxy) is 1. The molecule has 0 saturated carbocycles. The molecule has 0 atom stereocenters. The first-order chi connectivity index (χ1) is 15.2. The van der Waals surface area contributed by atoms with Gasteiger partial charge in [-0.25, -0.2) is 9.59 Å². The summed E-state index contributed by atoms with van der Waals surface area (Å²) in [5.74, 6) is -3.61. The molecule has 0 radical (unpaired) electrons. The lowest BCUT2D eigenvalue weighted by molar-refractivity contribution is -0.127. The van der Waals surface area contributed by atoms with Crippen LogP contribution in [0.3, 0.4) is 0 Å². The van der Waals surface area contributed by atoms with E-state index in [1.165, 1.54) is 13.2 Å². The molecule has 0 aliphatic carbocycles. The monoisotopic (exact) mass is 456 g/mol. The van der Waals surface area contributed by atoms with Crippen molar-refractivity contribution in [2.75, 3.05) is 19.0 Å². The van der Waals surface area contributed by atoms with Crippen molar-refractivity contribution < 1.29 is 38.9 Å². The third-order valence-electron chi connectivity index (χ3n) is 4.36. The number of anilines is 1.